The molecule has 1 fully saturated rings. The number of allylic oxidation sites excluding steroid dienone is 1. The molecule has 22 heavy (non-hydrogen) atoms. The summed E-state index contributed by atoms with van der Waals surface area (Å²) in [4.78, 5) is 25.9. The van der Waals surface area contributed by atoms with E-state index in [1.165, 1.54) is 36.4 Å². The third kappa shape index (κ3) is 4.01. The number of nitrogens with zero attached hydrogens (tertiary/aromatic N) is 2. The van der Waals surface area contributed by atoms with Gasteiger partial charge in [-0.25, -0.2) is 4.39 Å². The second-order valence-electron chi connectivity index (χ2n) is 5.24. The Kier molecular flexibility index (Phi) is 5.42. The van der Waals surface area contributed by atoms with Crippen LogP contribution >= 0.6 is 0 Å². The maximum Gasteiger partial charge on any atom is 0.247 e. The standard InChI is InChI=1S/C17H17FN2O2/c18-14-7-4-13(5-8-14)6-9-16(21)15(12-19)17(22)20-10-2-1-3-11-20/h4-9,15H,1-3,10-11H2/b9-6-/t15-/m1/s1. The van der Waals surface area contributed by atoms with Gasteiger partial charge in [0, 0.05) is 13.1 Å². The Bertz CT molecular complexity index is 611. The first-order valence-corrected chi connectivity index (χ1v) is 7.27. The van der Waals surface area contributed by atoms with E-state index in [9.17, 15) is 14.0 Å². The van der Waals surface area contributed by atoms with Crippen molar-refractivity contribution in [1.82, 2.24) is 4.90 Å². The van der Waals surface area contributed by atoms with Crippen molar-refractivity contribution in [2.24, 2.45) is 5.92 Å². The molecule has 1 amide bonds. The van der Waals surface area contributed by atoms with E-state index in [1.807, 2.05) is 0 Å². The van der Waals surface area contributed by atoms with Crippen LogP contribution in [0.5, 0.6) is 0 Å². The van der Waals surface area contributed by atoms with Gasteiger partial charge in [-0.2, -0.15) is 5.26 Å². The molecular weight excluding hydrogens is 283 g/mol. The van der Waals surface area contributed by atoms with Crippen LogP contribution in [0, 0.1) is 23.1 Å². The second-order valence-corrected chi connectivity index (χ2v) is 5.24. The summed E-state index contributed by atoms with van der Waals surface area (Å²) in [7, 11) is 0. The van der Waals surface area contributed by atoms with Crippen molar-refractivity contribution in [3.8, 4) is 6.07 Å². The van der Waals surface area contributed by atoms with Gasteiger partial charge < -0.3 is 4.90 Å². The zero-order chi connectivity index (χ0) is 15.9. The first-order chi connectivity index (χ1) is 10.6. The Morgan fingerprint density at radius 1 is 1.18 bits per heavy atom. The van der Waals surface area contributed by atoms with Crippen LogP contribution in [-0.2, 0) is 9.59 Å². The van der Waals surface area contributed by atoms with Crippen molar-refractivity contribution in [2.75, 3.05) is 13.1 Å². The number of hydrogen-bond donors (Lipinski definition) is 0. The van der Waals surface area contributed by atoms with Gasteiger partial charge in [-0.3, -0.25) is 9.59 Å². The maximum absolute atomic E-state index is 12.8. The molecule has 1 atom stereocenters. The Balaban J connectivity index is 2.03. The molecule has 1 saturated heterocycles. The van der Waals surface area contributed by atoms with Gasteiger partial charge in [0.1, 0.15) is 5.82 Å². The average Bonchev–Trinajstić information content (AvgIpc) is 2.55. The highest BCUT2D eigenvalue weighted by molar-refractivity contribution is 6.10. The molecule has 1 aromatic rings. The highest BCUT2D eigenvalue weighted by atomic mass is 19.1. The first kappa shape index (κ1) is 15.9. The number of amides is 1. The minimum Gasteiger partial charge on any atom is -0.341 e. The molecule has 1 aliphatic rings. The van der Waals surface area contributed by atoms with E-state index in [0.29, 0.717) is 18.7 Å². The van der Waals surface area contributed by atoms with E-state index >= 15 is 0 Å². The molecule has 1 aromatic carbocycles. The predicted octanol–water partition coefficient (Wildman–Crippen LogP) is 2.56. The number of hydrogen-bond acceptors (Lipinski definition) is 3. The summed E-state index contributed by atoms with van der Waals surface area (Å²) in [6.07, 6.45) is 5.57. The Morgan fingerprint density at radius 2 is 1.82 bits per heavy atom. The van der Waals surface area contributed by atoms with Crippen molar-refractivity contribution < 1.29 is 14.0 Å². The molecule has 0 N–H and O–H groups in total. The molecule has 2 rings (SSSR count). The van der Waals surface area contributed by atoms with E-state index in [1.54, 1.807) is 11.0 Å². The molecule has 5 heteroatoms. The third-order valence-electron chi connectivity index (χ3n) is 3.64. The molecule has 4 nitrogen and oxygen atoms in total. The van der Waals surface area contributed by atoms with Crippen LogP contribution in [0.4, 0.5) is 4.39 Å². The van der Waals surface area contributed by atoms with E-state index < -0.39 is 17.6 Å². The summed E-state index contributed by atoms with van der Waals surface area (Å²) in [5.74, 6) is -2.62. The highest BCUT2D eigenvalue weighted by Gasteiger charge is 2.29. The lowest BCUT2D eigenvalue weighted by atomic mass is 10.0. The minimum atomic E-state index is -1.30. The fraction of sp³-hybridized carbons (Fsp3) is 0.353. The van der Waals surface area contributed by atoms with E-state index in [4.69, 9.17) is 5.26 Å². The number of benzene rings is 1. The molecule has 0 bridgehead atoms. The number of ketones is 1. The molecule has 0 spiro atoms. The van der Waals surface area contributed by atoms with E-state index in [-0.39, 0.29) is 5.82 Å². The topological polar surface area (TPSA) is 61.2 Å². The monoisotopic (exact) mass is 300 g/mol. The summed E-state index contributed by atoms with van der Waals surface area (Å²) in [6.45, 7) is 1.21. The highest BCUT2D eigenvalue weighted by Crippen LogP contribution is 2.14. The number of nitriles is 1. The number of carbonyl (C=O) groups is 2. The van der Waals surface area contributed by atoms with Gasteiger partial charge in [-0.15, -0.1) is 0 Å². The van der Waals surface area contributed by atoms with Crippen molar-refractivity contribution in [1.29, 1.82) is 5.26 Å². The van der Waals surface area contributed by atoms with Crippen molar-refractivity contribution in [3.63, 3.8) is 0 Å². The van der Waals surface area contributed by atoms with Crippen LogP contribution in [0.1, 0.15) is 24.8 Å². The van der Waals surface area contributed by atoms with Crippen LogP contribution in [0.2, 0.25) is 0 Å². The van der Waals surface area contributed by atoms with Gasteiger partial charge in [0.15, 0.2) is 11.7 Å². The lowest BCUT2D eigenvalue weighted by Gasteiger charge is -2.27. The zero-order valence-corrected chi connectivity index (χ0v) is 12.2. The molecule has 1 heterocycles. The summed E-state index contributed by atoms with van der Waals surface area (Å²) in [5.41, 5.74) is 0.636. The summed E-state index contributed by atoms with van der Waals surface area (Å²) >= 11 is 0. The molecule has 0 saturated carbocycles. The summed E-state index contributed by atoms with van der Waals surface area (Å²) in [6, 6.07) is 7.40. The van der Waals surface area contributed by atoms with Crippen molar-refractivity contribution >= 4 is 17.8 Å². The number of likely N-dealkylation sites (tertiary alicyclic amines) is 1. The Hall–Kier alpha value is -2.48. The second kappa shape index (κ2) is 7.51. The number of carbonyl (C=O) groups excluding carboxylic acids is 2. The van der Waals surface area contributed by atoms with Crippen LogP contribution in [0.25, 0.3) is 6.08 Å². The van der Waals surface area contributed by atoms with E-state index in [2.05, 4.69) is 0 Å². The predicted molar refractivity (Wildman–Crippen MR) is 80.0 cm³/mol. The summed E-state index contributed by atoms with van der Waals surface area (Å²) in [5, 5.41) is 9.13. The Morgan fingerprint density at radius 3 is 2.41 bits per heavy atom. The van der Waals surface area contributed by atoms with Crippen LogP contribution in [0.3, 0.4) is 0 Å². The molecule has 0 unspecified atom stereocenters. The van der Waals surface area contributed by atoms with E-state index in [0.717, 1.165) is 19.3 Å². The smallest absolute Gasteiger partial charge is 0.247 e. The molecular formula is C17H17FN2O2. The molecule has 0 aliphatic carbocycles. The molecule has 0 radical (unpaired) electrons. The number of rotatable bonds is 4. The molecule has 1 aliphatic heterocycles. The quantitative estimate of drug-likeness (QED) is 0.634. The third-order valence-corrected chi connectivity index (χ3v) is 3.64. The number of halogens is 1. The largest absolute Gasteiger partial charge is 0.341 e. The van der Waals surface area contributed by atoms with Crippen LogP contribution in [0.15, 0.2) is 30.3 Å². The van der Waals surface area contributed by atoms with Gasteiger partial charge in [0.25, 0.3) is 0 Å². The lowest BCUT2D eigenvalue weighted by molar-refractivity contribution is -0.138. The van der Waals surface area contributed by atoms with Gasteiger partial charge in [-0.05, 0) is 43.0 Å². The molecule has 114 valence electrons. The SMILES string of the molecule is N#C[C@H](C(=O)/C=C\c1ccc(F)cc1)C(=O)N1CCCCC1. The Labute approximate surface area is 128 Å². The van der Waals surface area contributed by atoms with Gasteiger partial charge in [0.05, 0.1) is 6.07 Å². The minimum absolute atomic E-state index is 0.362. The van der Waals surface area contributed by atoms with Gasteiger partial charge in [0.2, 0.25) is 5.91 Å². The zero-order valence-electron chi connectivity index (χ0n) is 12.2. The van der Waals surface area contributed by atoms with Crippen molar-refractivity contribution in [2.45, 2.75) is 19.3 Å². The fourth-order valence-corrected chi connectivity index (χ4v) is 2.39. The summed E-state index contributed by atoms with van der Waals surface area (Å²) < 4.78 is 12.8. The van der Waals surface area contributed by atoms with Gasteiger partial charge in [-0.1, -0.05) is 18.2 Å². The van der Waals surface area contributed by atoms with Crippen LogP contribution in [-0.4, -0.2) is 29.7 Å². The molecule has 0 aromatic heterocycles. The fourth-order valence-electron chi connectivity index (χ4n) is 2.39. The van der Waals surface area contributed by atoms with Crippen LogP contribution < -0.4 is 0 Å². The maximum atomic E-state index is 12.8. The van der Waals surface area contributed by atoms with Crippen molar-refractivity contribution in [3.05, 3.63) is 41.7 Å². The number of piperidine rings is 1. The normalized spacial score (nSPS) is 16.3. The van der Waals surface area contributed by atoms with Gasteiger partial charge >= 0.3 is 0 Å². The first-order valence-electron chi connectivity index (χ1n) is 7.27. The average molecular weight is 300 g/mol. The lowest BCUT2D eigenvalue weighted by Crippen LogP contribution is -2.41.